The molecule has 0 heterocycles. The average molecular weight is 453 g/mol. The highest BCUT2D eigenvalue weighted by molar-refractivity contribution is 7.92. The first-order chi connectivity index (χ1) is 14.7. The molecule has 0 radical (unpaired) electrons. The number of hydrogen-bond acceptors (Lipinski definition) is 5. The molecule has 1 amide bonds. The van der Waals surface area contributed by atoms with Gasteiger partial charge in [-0.25, -0.2) is 12.8 Å². The van der Waals surface area contributed by atoms with Crippen LogP contribution in [0.3, 0.4) is 0 Å². The minimum Gasteiger partial charge on any atom is -0.493 e. The predicted octanol–water partition coefficient (Wildman–Crippen LogP) is 3.66. The van der Waals surface area contributed by atoms with Gasteiger partial charge < -0.3 is 14.8 Å². The van der Waals surface area contributed by atoms with E-state index in [0.717, 1.165) is 16.1 Å². The Balaban J connectivity index is 2.02. The molecule has 0 saturated carbocycles. The van der Waals surface area contributed by atoms with E-state index < -0.39 is 15.8 Å². The van der Waals surface area contributed by atoms with Gasteiger partial charge in [0.2, 0.25) is 15.9 Å². The van der Waals surface area contributed by atoms with Gasteiger partial charge >= 0.3 is 0 Å². The number of para-hydroxylation sites is 1. The first-order valence-corrected chi connectivity index (χ1v) is 11.8. The fourth-order valence-electron chi connectivity index (χ4n) is 3.26. The smallest absolute Gasteiger partial charge is 0.232 e. The summed E-state index contributed by atoms with van der Waals surface area (Å²) in [5, 5.41) is 2.96. The summed E-state index contributed by atoms with van der Waals surface area (Å²) in [5.41, 5.74) is 0.847. The summed E-state index contributed by atoms with van der Waals surface area (Å²) in [4.78, 5) is 12.5. The van der Waals surface area contributed by atoms with Gasteiger partial charge in [0.05, 0.1) is 32.2 Å². The van der Waals surface area contributed by atoms with Gasteiger partial charge in [0.15, 0.2) is 11.5 Å². The number of carbonyl (C=O) groups excluding carboxylic acids is 1. The van der Waals surface area contributed by atoms with Crippen LogP contribution in [-0.2, 0) is 14.8 Å². The number of ether oxygens (including phenoxy) is 2. The Morgan fingerprint density at radius 2 is 1.81 bits per heavy atom. The van der Waals surface area contributed by atoms with E-state index in [1.807, 2.05) is 19.1 Å². The van der Waals surface area contributed by atoms with Crippen molar-refractivity contribution in [2.45, 2.75) is 32.2 Å². The van der Waals surface area contributed by atoms with Crippen molar-refractivity contribution in [3.8, 4) is 11.5 Å². The molecule has 0 aliphatic rings. The number of sulfonamides is 1. The standard InChI is InChI=1S/C22H29FN2O5S/c1-5-18(16-12-13-20(29-2)21(15-16)30-3)24-22(26)11-8-14-25(31(4,27)28)19-10-7-6-9-17(19)23/h6-7,9-10,12-13,15,18H,5,8,11,14H2,1-4H3,(H,24,26). The van der Waals surface area contributed by atoms with Crippen molar-refractivity contribution < 1.29 is 27.1 Å². The average Bonchev–Trinajstić information content (AvgIpc) is 2.74. The van der Waals surface area contributed by atoms with E-state index in [1.54, 1.807) is 26.4 Å². The highest BCUT2D eigenvalue weighted by Gasteiger charge is 2.21. The molecule has 1 N–H and O–H groups in total. The molecule has 9 heteroatoms. The minimum absolute atomic E-state index is 0.000334. The van der Waals surface area contributed by atoms with Gasteiger partial charge in [-0.3, -0.25) is 9.10 Å². The number of nitrogens with zero attached hydrogens (tertiary/aromatic N) is 1. The number of nitrogens with one attached hydrogen (secondary N) is 1. The molecule has 1 atom stereocenters. The summed E-state index contributed by atoms with van der Waals surface area (Å²) in [6.07, 6.45) is 2.02. The van der Waals surface area contributed by atoms with Gasteiger partial charge in [0.25, 0.3) is 0 Å². The highest BCUT2D eigenvalue weighted by Crippen LogP contribution is 2.31. The molecule has 0 aromatic heterocycles. The minimum atomic E-state index is -3.69. The van der Waals surface area contributed by atoms with Gasteiger partial charge in [-0.1, -0.05) is 25.1 Å². The monoisotopic (exact) mass is 452 g/mol. The first-order valence-electron chi connectivity index (χ1n) is 9.94. The largest absolute Gasteiger partial charge is 0.493 e. The van der Waals surface area contributed by atoms with Crippen molar-refractivity contribution in [2.75, 3.05) is 31.3 Å². The molecule has 0 saturated heterocycles. The zero-order chi connectivity index (χ0) is 23.0. The molecule has 0 bridgehead atoms. The molecule has 0 aliphatic carbocycles. The Morgan fingerprint density at radius 1 is 1.13 bits per heavy atom. The van der Waals surface area contributed by atoms with E-state index in [1.165, 1.54) is 18.2 Å². The fourth-order valence-corrected chi connectivity index (χ4v) is 4.23. The number of methoxy groups -OCH3 is 2. The van der Waals surface area contributed by atoms with Crippen LogP contribution in [0.25, 0.3) is 0 Å². The van der Waals surface area contributed by atoms with E-state index in [0.29, 0.717) is 17.9 Å². The molecule has 31 heavy (non-hydrogen) atoms. The van der Waals surface area contributed by atoms with Gasteiger partial charge in [0.1, 0.15) is 5.82 Å². The lowest BCUT2D eigenvalue weighted by Crippen LogP contribution is -2.33. The summed E-state index contributed by atoms with van der Waals surface area (Å²) in [5.74, 6) is 0.323. The van der Waals surface area contributed by atoms with Crippen LogP contribution in [0.2, 0.25) is 0 Å². The third-order valence-electron chi connectivity index (χ3n) is 4.84. The highest BCUT2D eigenvalue weighted by atomic mass is 32.2. The van der Waals surface area contributed by atoms with E-state index in [2.05, 4.69) is 5.32 Å². The molecule has 2 aromatic rings. The van der Waals surface area contributed by atoms with Gasteiger partial charge in [-0.15, -0.1) is 0 Å². The summed E-state index contributed by atoms with van der Waals surface area (Å²) < 4.78 is 49.9. The summed E-state index contributed by atoms with van der Waals surface area (Å²) in [6.45, 7) is 1.95. The number of amides is 1. The number of carbonyl (C=O) groups is 1. The van der Waals surface area contributed by atoms with E-state index in [9.17, 15) is 17.6 Å². The third-order valence-corrected chi connectivity index (χ3v) is 6.02. The Hall–Kier alpha value is -2.81. The van der Waals surface area contributed by atoms with E-state index >= 15 is 0 Å². The lowest BCUT2D eigenvalue weighted by Gasteiger charge is -2.23. The van der Waals surface area contributed by atoms with Crippen LogP contribution in [0.4, 0.5) is 10.1 Å². The maximum absolute atomic E-state index is 14.1. The molecule has 0 aliphatic heterocycles. The predicted molar refractivity (Wildman–Crippen MR) is 119 cm³/mol. The third kappa shape index (κ3) is 6.58. The quantitative estimate of drug-likeness (QED) is 0.563. The molecule has 0 fully saturated rings. The number of rotatable bonds is 11. The van der Waals surface area contributed by atoms with E-state index in [-0.39, 0.29) is 37.0 Å². The molecule has 2 aromatic carbocycles. The molecular formula is C22H29FN2O5S. The molecule has 7 nitrogen and oxygen atoms in total. The maximum Gasteiger partial charge on any atom is 0.232 e. The van der Waals surface area contributed by atoms with Crippen LogP contribution < -0.4 is 19.1 Å². The lowest BCUT2D eigenvalue weighted by atomic mass is 10.0. The molecule has 2 rings (SSSR count). The summed E-state index contributed by atoms with van der Waals surface area (Å²) in [6, 6.07) is 10.9. The summed E-state index contributed by atoms with van der Waals surface area (Å²) in [7, 11) is -0.588. The second-order valence-electron chi connectivity index (χ2n) is 7.03. The second-order valence-corrected chi connectivity index (χ2v) is 8.94. The Bertz CT molecular complexity index is 997. The number of anilines is 1. The first kappa shape index (κ1) is 24.5. The molecular weight excluding hydrogens is 423 g/mol. The van der Waals surface area contributed by atoms with Crippen molar-refractivity contribution in [2.24, 2.45) is 0 Å². The van der Waals surface area contributed by atoms with Crippen LogP contribution in [-0.4, -0.2) is 41.3 Å². The van der Waals surface area contributed by atoms with Crippen LogP contribution in [0.1, 0.15) is 37.8 Å². The van der Waals surface area contributed by atoms with Crippen molar-refractivity contribution in [3.05, 3.63) is 53.8 Å². The number of benzene rings is 2. The van der Waals surface area contributed by atoms with Crippen molar-refractivity contribution in [3.63, 3.8) is 0 Å². The van der Waals surface area contributed by atoms with E-state index in [4.69, 9.17) is 9.47 Å². The SMILES string of the molecule is CCC(NC(=O)CCCN(c1ccccc1F)S(C)(=O)=O)c1ccc(OC)c(OC)c1. The molecule has 0 spiro atoms. The fraction of sp³-hybridized carbons (Fsp3) is 0.409. The number of halogens is 1. The van der Waals surface area contributed by atoms with Crippen LogP contribution >= 0.6 is 0 Å². The zero-order valence-electron chi connectivity index (χ0n) is 18.2. The van der Waals surface area contributed by atoms with Gasteiger partial charge in [0, 0.05) is 13.0 Å². The number of hydrogen-bond donors (Lipinski definition) is 1. The van der Waals surface area contributed by atoms with Crippen molar-refractivity contribution in [1.82, 2.24) is 5.32 Å². The molecule has 170 valence electrons. The zero-order valence-corrected chi connectivity index (χ0v) is 19.0. The molecule has 1 unspecified atom stereocenters. The normalized spacial score (nSPS) is 12.2. The van der Waals surface area contributed by atoms with Crippen LogP contribution in [0, 0.1) is 5.82 Å². The Labute approximate surface area is 183 Å². The van der Waals surface area contributed by atoms with Crippen LogP contribution in [0.15, 0.2) is 42.5 Å². The Morgan fingerprint density at radius 3 is 2.39 bits per heavy atom. The summed E-state index contributed by atoms with van der Waals surface area (Å²) >= 11 is 0. The van der Waals surface area contributed by atoms with Crippen molar-refractivity contribution >= 4 is 21.6 Å². The van der Waals surface area contributed by atoms with Gasteiger partial charge in [-0.05, 0) is 42.7 Å². The topological polar surface area (TPSA) is 84.9 Å². The second kappa shape index (κ2) is 11.0. The Kier molecular flexibility index (Phi) is 8.67. The lowest BCUT2D eigenvalue weighted by molar-refractivity contribution is -0.121. The maximum atomic E-state index is 14.1. The van der Waals surface area contributed by atoms with Crippen molar-refractivity contribution in [1.29, 1.82) is 0 Å². The van der Waals surface area contributed by atoms with Crippen LogP contribution in [0.5, 0.6) is 11.5 Å². The van der Waals surface area contributed by atoms with Gasteiger partial charge in [-0.2, -0.15) is 0 Å².